The number of carbonyl (C=O) groups is 2. The summed E-state index contributed by atoms with van der Waals surface area (Å²) in [5.74, 6) is -0.636. The van der Waals surface area contributed by atoms with Crippen molar-refractivity contribution in [1.29, 1.82) is 0 Å². The molecule has 1 aromatic carbocycles. The molecule has 0 aromatic heterocycles. The van der Waals surface area contributed by atoms with Crippen LogP contribution in [0.4, 0.5) is 0 Å². The molecule has 0 bridgehead atoms. The number of hydrogen-bond acceptors (Lipinski definition) is 3. The molecule has 0 aliphatic rings. The van der Waals surface area contributed by atoms with E-state index in [-0.39, 0.29) is 0 Å². The Bertz CT molecular complexity index is 400. The minimum atomic E-state index is -1.26. The number of rotatable bonds is 5. The van der Waals surface area contributed by atoms with Crippen LogP contribution in [0.25, 0.3) is 0 Å². The minimum Gasteiger partial charge on any atom is -0.478 e. The van der Waals surface area contributed by atoms with E-state index in [1.54, 1.807) is 25.1 Å². The molecular weight excluding hydrogens is 208 g/mol. The highest BCUT2D eigenvalue weighted by Gasteiger charge is 2.33. The normalized spacial score (nSPS) is 13.9. The van der Waals surface area contributed by atoms with Crippen LogP contribution >= 0.6 is 0 Å². The van der Waals surface area contributed by atoms with Crippen LogP contribution in [0.2, 0.25) is 0 Å². The highest BCUT2D eigenvalue weighted by Crippen LogP contribution is 2.22. The number of aliphatic carboxylic acids is 1. The van der Waals surface area contributed by atoms with E-state index in [1.165, 1.54) is 13.0 Å². The van der Waals surface area contributed by atoms with E-state index in [9.17, 15) is 9.59 Å². The molecule has 1 rings (SSSR count). The standard InChI is InChI=1S/C12H14O4/c1-3-12(2,11(14)15)16-10-6-4-5-9(7-10)8-13/h4-8H,3H2,1-2H3,(H,14,15). The third kappa shape index (κ3) is 2.59. The molecule has 0 radical (unpaired) electrons. The highest BCUT2D eigenvalue weighted by molar-refractivity contribution is 5.78. The van der Waals surface area contributed by atoms with Crippen molar-refractivity contribution in [1.82, 2.24) is 0 Å². The summed E-state index contributed by atoms with van der Waals surface area (Å²) >= 11 is 0. The van der Waals surface area contributed by atoms with Gasteiger partial charge in [-0.15, -0.1) is 0 Å². The van der Waals surface area contributed by atoms with Gasteiger partial charge in [0, 0.05) is 5.56 Å². The lowest BCUT2D eigenvalue weighted by molar-refractivity contribution is -0.154. The summed E-state index contributed by atoms with van der Waals surface area (Å²) in [4.78, 5) is 21.6. The van der Waals surface area contributed by atoms with Crippen LogP contribution < -0.4 is 4.74 Å². The van der Waals surface area contributed by atoms with Gasteiger partial charge in [-0.25, -0.2) is 4.79 Å². The molecule has 0 aliphatic heterocycles. The van der Waals surface area contributed by atoms with Gasteiger partial charge in [0.05, 0.1) is 0 Å². The first-order chi connectivity index (χ1) is 7.51. The molecule has 1 N–H and O–H groups in total. The van der Waals surface area contributed by atoms with E-state index in [0.29, 0.717) is 24.0 Å². The van der Waals surface area contributed by atoms with Gasteiger partial charge < -0.3 is 9.84 Å². The van der Waals surface area contributed by atoms with Crippen LogP contribution in [0.1, 0.15) is 30.6 Å². The fourth-order valence-corrected chi connectivity index (χ4v) is 1.18. The zero-order valence-corrected chi connectivity index (χ0v) is 9.27. The van der Waals surface area contributed by atoms with Crippen molar-refractivity contribution in [3.63, 3.8) is 0 Å². The van der Waals surface area contributed by atoms with E-state index in [1.807, 2.05) is 0 Å². The van der Waals surface area contributed by atoms with Crippen LogP contribution in [0.3, 0.4) is 0 Å². The Kier molecular flexibility index (Phi) is 3.66. The van der Waals surface area contributed by atoms with Gasteiger partial charge >= 0.3 is 5.97 Å². The van der Waals surface area contributed by atoms with E-state index in [4.69, 9.17) is 9.84 Å². The predicted molar refractivity (Wildman–Crippen MR) is 58.8 cm³/mol. The Morgan fingerprint density at radius 1 is 1.56 bits per heavy atom. The molecule has 1 atom stereocenters. The van der Waals surface area contributed by atoms with Gasteiger partial charge in [0.15, 0.2) is 0 Å². The lowest BCUT2D eigenvalue weighted by Gasteiger charge is -2.24. The van der Waals surface area contributed by atoms with Gasteiger partial charge in [-0.05, 0) is 25.5 Å². The maximum Gasteiger partial charge on any atom is 0.347 e. The number of aldehydes is 1. The van der Waals surface area contributed by atoms with Crippen molar-refractivity contribution >= 4 is 12.3 Å². The third-order valence-electron chi connectivity index (χ3n) is 2.46. The van der Waals surface area contributed by atoms with Gasteiger partial charge in [-0.2, -0.15) is 0 Å². The van der Waals surface area contributed by atoms with E-state index < -0.39 is 11.6 Å². The summed E-state index contributed by atoms with van der Waals surface area (Å²) in [7, 11) is 0. The van der Waals surface area contributed by atoms with Crippen LogP contribution in [0.5, 0.6) is 5.75 Å². The molecule has 4 nitrogen and oxygen atoms in total. The van der Waals surface area contributed by atoms with E-state index in [0.717, 1.165) is 0 Å². The quantitative estimate of drug-likeness (QED) is 0.775. The lowest BCUT2D eigenvalue weighted by atomic mass is 10.0. The second kappa shape index (κ2) is 4.79. The summed E-state index contributed by atoms with van der Waals surface area (Å²) in [6.45, 7) is 3.24. The Labute approximate surface area is 93.9 Å². The van der Waals surface area contributed by atoms with Crippen LogP contribution in [-0.4, -0.2) is 23.0 Å². The zero-order chi connectivity index (χ0) is 12.2. The third-order valence-corrected chi connectivity index (χ3v) is 2.46. The topological polar surface area (TPSA) is 63.6 Å². The maximum absolute atomic E-state index is 11.0. The molecule has 0 saturated heterocycles. The number of hydrogen-bond donors (Lipinski definition) is 1. The van der Waals surface area contributed by atoms with Crippen LogP contribution in [0, 0.1) is 0 Å². The maximum atomic E-state index is 11.0. The SMILES string of the molecule is CCC(C)(Oc1cccc(C=O)c1)C(=O)O. The van der Waals surface area contributed by atoms with E-state index in [2.05, 4.69) is 0 Å². The summed E-state index contributed by atoms with van der Waals surface area (Å²) < 4.78 is 5.40. The molecule has 86 valence electrons. The van der Waals surface area contributed by atoms with Gasteiger partial charge in [-0.1, -0.05) is 19.1 Å². The first-order valence-corrected chi connectivity index (χ1v) is 4.99. The highest BCUT2D eigenvalue weighted by atomic mass is 16.5. The largest absolute Gasteiger partial charge is 0.478 e. The Morgan fingerprint density at radius 2 is 2.25 bits per heavy atom. The van der Waals surface area contributed by atoms with Gasteiger partial charge in [0.2, 0.25) is 5.60 Å². The van der Waals surface area contributed by atoms with Gasteiger partial charge in [0.25, 0.3) is 0 Å². The van der Waals surface area contributed by atoms with Crippen LogP contribution in [-0.2, 0) is 4.79 Å². The molecule has 0 amide bonds. The fourth-order valence-electron chi connectivity index (χ4n) is 1.18. The molecule has 0 fully saturated rings. The van der Waals surface area contributed by atoms with Crippen LogP contribution in [0.15, 0.2) is 24.3 Å². The molecule has 0 saturated carbocycles. The number of ether oxygens (including phenoxy) is 1. The van der Waals surface area contributed by atoms with Crippen molar-refractivity contribution in [2.45, 2.75) is 25.9 Å². The van der Waals surface area contributed by atoms with Gasteiger partial charge in [-0.3, -0.25) is 4.79 Å². The first-order valence-electron chi connectivity index (χ1n) is 4.99. The first kappa shape index (κ1) is 12.2. The molecule has 1 aromatic rings. The average Bonchev–Trinajstić information content (AvgIpc) is 2.29. The molecular formula is C12H14O4. The minimum absolute atomic E-state index is 0.341. The van der Waals surface area contributed by atoms with Gasteiger partial charge in [0.1, 0.15) is 12.0 Å². The average molecular weight is 222 g/mol. The zero-order valence-electron chi connectivity index (χ0n) is 9.27. The number of carboxylic acids is 1. The summed E-state index contributed by atoms with van der Waals surface area (Å²) in [5.41, 5.74) is -0.803. The van der Waals surface area contributed by atoms with Crippen molar-refractivity contribution < 1.29 is 19.4 Å². The second-order valence-electron chi connectivity index (χ2n) is 3.68. The number of carbonyl (C=O) groups excluding carboxylic acids is 1. The summed E-state index contributed by atoms with van der Waals surface area (Å²) in [5, 5.41) is 9.03. The van der Waals surface area contributed by atoms with Crippen molar-refractivity contribution in [2.24, 2.45) is 0 Å². The smallest absolute Gasteiger partial charge is 0.347 e. The Balaban J connectivity index is 2.94. The molecule has 0 aliphatic carbocycles. The molecule has 4 heteroatoms. The summed E-state index contributed by atoms with van der Waals surface area (Å²) in [6.07, 6.45) is 1.03. The van der Waals surface area contributed by atoms with Crippen molar-refractivity contribution in [3.8, 4) is 5.75 Å². The molecule has 1 unspecified atom stereocenters. The summed E-state index contributed by atoms with van der Waals surface area (Å²) in [6, 6.07) is 6.43. The molecule has 0 heterocycles. The fraction of sp³-hybridized carbons (Fsp3) is 0.333. The van der Waals surface area contributed by atoms with Crippen molar-refractivity contribution in [3.05, 3.63) is 29.8 Å². The lowest BCUT2D eigenvalue weighted by Crippen LogP contribution is -2.40. The second-order valence-corrected chi connectivity index (χ2v) is 3.68. The Morgan fingerprint density at radius 3 is 2.75 bits per heavy atom. The molecule has 0 spiro atoms. The monoisotopic (exact) mass is 222 g/mol. The Hall–Kier alpha value is -1.84. The molecule has 16 heavy (non-hydrogen) atoms. The number of carboxylic acid groups (broad SMARTS) is 1. The van der Waals surface area contributed by atoms with E-state index >= 15 is 0 Å². The van der Waals surface area contributed by atoms with Crippen molar-refractivity contribution in [2.75, 3.05) is 0 Å². The number of benzene rings is 1. The predicted octanol–water partition coefficient (Wildman–Crippen LogP) is 2.13.